The number of fused-ring (bicyclic) bond motifs is 1. The van der Waals surface area contributed by atoms with E-state index in [2.05, 4.69) is 15.0 Å². The van der Waals surface area contributed by atoms with Gasteiger partial charge in [-0.1, -0.05) is 30.3 Å². The molecule has 0 bridgehead atoms. The summed E-state index contributed by atoms with van der Waals surface area (Å²) in [7, 11) is 0. The molecule has 0 spiro atoms. The van der Waals surface area contributed by atoms with Crippen LogP contribution >= 0.6 is 0 Å². The molecule has 5 rings (SSSR count). The van der Waals surface area contributed by atoms with Crippen molar-refractivity contribution in [1.29, 1.82) is 0 Å². The number of nitrogens with two attached hydrogens (primary N) is 1. The topological polar surface area (TPSA) is 97.6 Å². The van der Waals surface area contributed by atoms with Crippen molar-refractivity contribution in [2.24, 2.45) is 0 Å². The molecule has 6 nitrogen and oxygen atoms in total. The standard InChI is InChI=1S/C20H19N5O/c21-18-14-9-16(26)13(8-11-4-2-1-3-5-11)17(14)24-20(25-18)19-22-10-15(23-19)12-6-7-12/h1-5,10,12-13H,6-9H2,(H,22,23)(H2,21,24,25). The van der Waals surface area contributed by atoms with Crippen LogP contribution in [0.25, 0.3) is 11.6 Å². The number of benzene rings is 1. The maximum atomic E-state index is 12.6. The fourth-order valence-electron chi connectivity index (χ4n) is 3.66. The minimum Gasteiger partial charge on any atom is -0.383 e. The van der Waals surface area contributed by atoms with Crippen molar-refractivity contribution in [1.82, 2.24) is 19.9 Å². The highest BCUT2D eigenvalue weighted by Crippen LogP contribution is 2.40. The van der Waals surface area contributed by atoms with Crippen LogP contribution in [0.2, 0.25) is 0 Å². The average molecular weight is 345 g/mol. The summed E-state index contributed by atoms with van der Waals surface area (Å²) in [4.78, 5) is 29.4. The second-order valence-electron chi connectivity index (χ2n) is 7.14. The zero-order valence-electron chi connectivity index (χ0n) is 14.3. The molecule has 0 radical (unpaired) electrons. The predicted molar refractivity (Wildman–Crippen MR) is 97.6 cm³/mol. The number of carbonyl (C=O) groups excluding carboxylic acids is 1. The first kappa shape index (κ1) is 15.3. The van der Waals surface area contributed by atoms with E-state index in [1.807, 2.05) is 36.5 Å². The van der Waals surface area contributed by atoms with Crippen molar-refractivity contribution < 1.29 is 4.79 Å². The number of nitrogen functional groups attached to an aromatic ring is 1. The highest BCUT2D eigenvalue weighted by molar-refractivity contribution is 5.93. The average Bonchev–Trinajstić information content (AvgIpc) is 3.30. The SMILES string of the molecule is Nc1nc(-c2ncc(C3CC3)[nH]2)nc2c1CC(=O)C2Cc1ccccc1. The van der Waals surface area contributed by atoms with E-state index in [0.717, 1.165) is 22.5 Å². The number of ketones is 1. The number of nitrogens with zero attached hydrogens (tertiary/aromatic N) is 3. The molecular formula is C20H19N5O. The Morgan fingerprint density at radius 2 is 1.96 bits per heavy atom. The molecule has 6 heteroatoms. The first-order chi connectivity index (χ1) is 12.7. The lowest BCUT2D eigenvalue weighted by Gasteiger charge is -2.11. The van der Waals surface area contributed by atoms with Crippen LogP contribution in [-0.4, -0.2) is 25.7 Å². The number of carbonyl (C=O) groups is 1. The van der Waals surface area contributed by atoms with E-state index in [1.165, 1.54) is 12.8 Å². The molecule has 1 atom stereocenters. The third-order valence-electron chi connectivity index (χ3n) is 5.25. The number of aromatic amines is 1. The summed E-state index contributed by atoms with van der Waals surface area (Å²) in [6.07, 6.45) is 5.19. The van der Waals surface area contributed by atoms with Gasteiger partial charge in [0, 0.05) is 29.8 Å². The molecule has 2 aromatic heterocycles. The second kappa shape index (κ2) is 5.76. The smallest absolute Gasteiger partial charge is 0.197 e. The fourth-order valence-corrected chi connectivity index (χ4v) is 3.66. The van der Waals surface area contributed by atoms with Crippen LogP contribution in [0.1, 0.15) is 47.2 Å². The highest BCUT2D eigenvalue weighted by atomic mass is 16.1. The Hall–Kier alpha value is -3.02. The molecule has 2 aliphatic rings. The number of hydrogen-bond acceptors (Lipinski definition) is 5. The van der Waals surface area contributed by atoms with Crippen LogP contribution in [0.15, 0.2) is 36.5 Å². The van der Waals surface area contributed by atoms with Gasteiger partial charge in [0.15, 0.2) is 11.6 Å². The van der Waals surface area contributed by atoms with E-state index in [-0.39, 0.29) is 11.7 Å². The van der Waals surface area contributed by atoms with Crippen molar-refractivity contribution in [2.75, 3.05) is 5.73 Å². The Morgan fingerprint density at radius 3 is 2.73 bits per heavy atom. The molecule has 0 aliphatic heterocycles. The number of anilines is 1. The summed E-state index contributed by atoms with van der Waals surface area (Å²) >= 11 is 0. The summed E-state index contributed by atoms with van der Waals surface area (Å²) < 4.78 is 0. The van der Waals surface area contributed by atoms with E-state index >= 15 is 0 Å². The van der Waals surface area contributed by atoms with Gasteiger partial charge >= 0.3 is 0 Å². The van der Waals surface area contributed by atoms with Crippen LogP contribution < -0.4 is 5.73 Å². The van der Waals surface area contributed by atoms with Gasteiger partial charge in [0.1, 0.15) is 11.6 Å². The normalized spacial score (nSPS) is 18.9. The minimum atomic E-state index is -0.269. The van der Waals surface area contributed by atoms with Crippen LogP contribution in [0.3, 0.4) is 0 Å². The maximum Gasteiger partial charge on any atom is 0.197 e. The van der Waals surface area contributed by atoms with Crippen LogP contribution in [0.4, 0.5) is 5.82 Å². The van der Waals surface area contributed by atoms with Crippen molar-refractivity contribution in [3.8, 4) is 11.6 Å². The molecule has 130 valence electrons. The van der Waals surface area contributed by atoms with E-state index in [0.29, 0.717) is 36.2 Å². The third-order valence-corrected chi connectivity index (χ3v) is 5.25. The van der Waals surface area contributed by atoms with Crippen LogP contribution in [0.5, 0.6) is 0 Å². The van der Waals surface area contributed by atoms with Gasteiger partial charge in [-0.05, 0) is 24.8 Å². The molecule has 1 aromatic carbocycles. The Balaban J connectivity index is 1.52. The van der Waals surface area contributed by atoms with Gasteiger partial charge < -0.3 is 10.7 Å². The van der Waals surface area contributed by atoms with E-state index < -0.39 is 0 Å². The van der Waals surface area contributed by atoms with E-state index in [9.17, 15) is 4.79 Å². The molecular weight excluding hydrogens is 326 g/mol. The summed E-state index contributed by atoms with van der Waals surface area (Å²) in [6, 6.07) is 10.0. The van der Waals surface area contributed by atoms with Gasteiger partial charge in [-0.25, -0.2) is 15.0 Å². The maximum absolute atomic E-state index is 12.6. The lowest BCUT2D eigenvalue weighted by atomic mass is 9.96. The monoisotopic (exact) mass is 345 g/mol. The number of aromatic nitrogens is 4. The zero-order chi connectivity index (χ0) is 17.7. The Bertz CT molecular complexity index is 991. The van der Waals surface area contributed by atoms with Crippen molar-refractivity contribution in [3.05, 3.63) is 59.0 Å². The fraction of sp³-hybridized carbons (Fsp3) is 0.300. The summed E-state index contributed by atoms with van der Waals surface area (Å²) in [5.74, 6) is 1.95. The van der Waals surface area contributed by atoms with Crippen LogP contribution in [-0.2, 0) is 17.6 Å². The number of imidazole rings is 1. The Labute approximate surface area is 150 Å². The molecule has 1 fully saturated rings. The molecule has 26 heavy (non-hydrogen) atoms. The highest BCUT2D eigenvalue weighted by Gasteiger charge is 2.35. The van der Waals surface area contributed by atoms with Crippen molar-refractivity contribution in [2.45, 2.75) is 37.5 Å². The zero-order valence-corrected chi connectivity index (χ0v) is 14.3. The second-order valence-corrected chi connectivity index (χ2v) is 7.14. The largest absolute Gasteiger partial charge is 0.383 e. The van der Waals surface area contributed by atoms with Gasteiger partial charge in [0.25, 0.3) is 0 Å². The van der Waals surface area contributed by atoms with E-state index in [1.54, 1.807) is 0 Å². The van der Waals surface area contributed by atoms with Crippen molar-refractivity contribution >= 4 is 11.6 Å². The molecule has 0 amide bonds. The Kier molecular flexibility index (Phi) is 3.38. The molecule has 1 unspecified atom stereocenters. The number of rotatable bonds is 4. The molecule has 2 aliphatic carbocycles. The first-order valence-electron chi connectivity index (χ1n) is 8.97. The lowest BCUT2D eigenvalue weighted by molar-refractivity contribution is -0.119. The molecule has 3 aromatic rings. The van der Waals surface area contributed by atoms with Crippen molar-refractivity contribution in [3.63, 3.8) is 0 Å². The molecule has 0 saturated heterocycles. The van der Waals surface area contributed by atoms with Gasteiger partial charge in [0.2, 0.25) is 0 Å². The lowest BCUT2D eigenvalue weighted by Crippen LogP contribution is -2.11. The Morgan fingerprint density at radius 1 is 1.15 bits per heavy atom. The molecule has 3 N–H and O–H groups in total. The molecule has 1 saturated carbocycles. The quantitative estimate of drug-likeness (QED) is 0.758. The number of H-pyrrole nitrogens is 1. The van der Waals surface area contributed by atoms with Crippen LogP contribution in [0, 0.1) is 0 Å². The molecule has 2 heterocycles. The third kappa shape index (κ3) is 2.58. The number of hydrogen-bond donors (Lipinski definition) is 2. The number of Topliss-reactive ketones (excluding diaryl/α,β-unsaturated/α-hetero) is 1. The minimum absolute atomic E-state index is 0.153. The summed E-state index contributed by atoms with van der Waals surface area (Å²) in [6.45, 7) is 0. The van der Waals surface area contributed by atoms with E-state index in [4.69, 9.17) is 10.7 Å². The van der Waals surface area contributed by atoms with Gasteiger partial charge in [0.05, 0.1) is 11.6 Å². The number of nitrogens with one attached hydrogen (secondary N) is 1. The van der Waals surface area contributed by atoms with Gasteiger partial charge in [-0.2, -0.15) is 0 Å². The van der Waals surface area contributed by atoms with Gasteiger partial charge in [-0.3, -0.25) is 4.79 Å². The first-order valence-corrected chi connectivity index (χ1v) is 8.97. The van der Waals surface area contributed by atoms with Gasteiger partial charge in [-0.15, -0.1) is 0 Å². The summed E-state index contributed by atoms with van der Waals surface area (Å²) in [5.41, 5.74) is 9.93. The summed E-state index contributed by atoms with van der Waals surface area (Å²) in [5, 5.41) is 0. The predicted octanol–water partition coefficient (Wildman–Crippen LogP) is 2.78.